The SMILES string of the molecule is O=C(CCn1[nH]c(=O)ccc1=O)Nc1nc(-c2ccc(F)c(F)c2)cs1. The Bertz CT molecular complexity index is 1070. The van der Waals surface area contributed by atoms with Crippen molar-refractivity contribution in [3.63, 3.8) is 0 Å². The average molecular weight is 378 g/mol. The molecule has 0 spiro atoms. The summed E-state index contributed by atoms with van der Waals surface area (Å²) in [5.74, 6) is -2.34. The van der Waals surface area contributed by atoms with Crippen LogP contribution in [-0.4, -0.2) is 20.7 Å². The minimum atomic E-state index is -0.983. The Kier molecular flexibility index (Phi) is 5.03. The van der Waals surface area contributed by atoms with Crippen LogP contribution >= 0.6 is 11.3 Å². The van der Waals surface area contributed by atoms with Crippen molar-refractivity contribution in [1.29, 1.82) is 0 Å². The number of benzene rings is 1. The number of nitrogens with zero attached hydrogens (tertiary/aromatic N) is 2. The molecular formula is C16H12F2N4O3S. The van der Waals surface area contributed by atoms with E-state index in [9.17, 15) is 23.2 Å². The van der Waals surface area contributed by atoms with Crippen molar-refractivity contribution in [3.05, 3.63) is 68.1 Å². The van der Waals surface area contributed by atoms with Crippen LogP contribution in [-0.2, 0) is 11.3 Å². The first kappa shape index (κ1) is 17.7. The molecule has 0 atom stereocenters. The number of halogens is 2. The Labute approximate surface area is 148 Å². The van der Waals surface area contributed by atoms with E-state index in [-0.39, 0.29) is 18.1 Å². The van der Waals surface area contributed by atoms with Gasteiger partial charge in [0.25, 0.3) is 11.1 Å². The normalized spacial score (nSPS) is 10.7. The van der Waals surface area contributed by atoms with Gasteiger partial charge < -0.3 is 5.32 Å². The lowest BCUT2D eigenvalue weighted by atomic mass is 10.2. The lowest BCUT2D eigenvalue weighted by Crippen LogP contribution is -2.29. The zero-order valence-corrected chi connectivity index (χ0v) is 14.0. The van der Waals surface area contributed by atoms with Gasteiger partial charge in [-0.1, -0.05) is 0 Å². The molecule has 10 heteroatoms. The third-order valence-corrected chi connectivity index (χ3v) is 4.17. The minimum absolute atomic E-state index is 0.00214. The maximum atomic E-state index is 13.3. The van der Waals surface area contributed by atoms with Crippen molar-refractivity contribution in [2.24, 2.45) is 0 Å². The third kappa shape index (κ3) is 4.09. The second kappa shape index (κ2) is 7.40. The summed E-state index contributed by atoms with van der Waals surface area (Å²) in [5, 5.41) is 6.76. The highest BCUT2D eigenvalue weighted by molar-refractivity contribution is 7.14. The van der Waals surface area contributed by atoms with Gasteiger partial charge in [0, 0.05) is 29.5 Å². The van der Waals surface area contributed by atoms with Gasteiger partial charge in [0.1, 0.15) is 0 Å². The highest BCUT2D eigenvalue weighted by Crippen LogP contribution is 2.26. The quantitative estimate of drug-likeness (QED) is 0.709. The monoisotopic (exact) mass is 378 g/mol. The van der Waals surface area contributed by atoms with E-state index in [1.165, 1.54) is 6.07 Å². The smallest absolute Gasteiger partial charge is 0.265 e. The number of rotatable bonds is 5. The van der Waals surface area contributed by atoms with Crippen molar-refractivity contribution in [2.75, 3.05) is 5.32 Å². The molecule has 3 aromatic rings. The number of carbonyl (C=O) groups excluding carboxylic acids is 1. The van der Waals surface area contributed by atoms with Crippen LogP contribution in [0.1, 0.15) is 6.42 Å². The molecule has 0 aliphatic carbocycles. The molecule has 3 rings (SSSR count). The molecule has 2 heterocycles. The van der Waals surface area contributed by atoms with Crippen LogP contribution in [0.2, 0.25) is 0 Å². The average Bonchev–Trinajstić information content (AvgIpc) is 3.06. The van der Waals surface area contributed by atoms with Crippen LogP contribution in [0, 0.1) is 11.6 Å². The lowest BCUT2D eigenvalue weighted by molar-refractivity contribution is -0.116. The van der Waals surface area contributed by atoms with Gasteiger partial charge in [-0.25, -0.2) is 18.4 Å². The second-order valence-corrected chi connectivity index (χ2v) is 6.12. The van der Waals surface area contributed by atoms with Gasteiger partial charge in [0.15, 0.2) is 16.8 Å². The molecule has 0 unspecified atom stereocenters. The molecule has 7 nitrogen and oxygen atoms in total. The van der Waals surface area contributed by atoms with E-state index in [1.807, 2.05) is 0 Å². The third-order valence-electron chi connectivity index (χ3n) is 3.42. The summed E-state index contributed by atoms with van der Waals surface area (Å²) in [7, 11) is 0. The summed E-state index contributed by atoms with van der Waals surface area (Å²) in [5.41, 5.74) is -0.0877. The largest absolute Gasteiger partial charge is 0.302 e. The van der Waals surface area contributed by atoms with E-state index in [1.54, 1.807) is 5.38 Å². The molecule has 0 bridgehead atoms. The van der Waals surface area contributed by atoms with E-state index >= 15 is 0 Å². The number of H-pyrrole nitrogens is 1. The number of aromatic nitrogens is 3. The van der Waals surface area contributed by atoms with Gasteiger partial charge >= 0.3 is 0 Å². The summed E-state index contributed by atoms with van der Waals surface area (Å²) in [6, 6.07) is 5.63. The van der Waals surface area contributed by atoms with Gasteiger partial charge in [-0.2, -0.15) is 0 Å². The number of hydrogen-bond acceptors (Lipinski definition) is 5. The maximum Gasteiger partial charge on any atom is 0.265 e. The zero-order chi connectivity index (χ0) is 18.7. The van der Waals surface area contributed by atoms with Gasteiger partial charge in [-0.05, 0) is 18.2 Å². The predicted octanol–water partition coefficient (Wildman–Crippen LogP) is 1.97. The first-order valence-corrected chi connectivity index (χ1v) is 8.31. The van der Waals surface area contributed by atoms with E-state index in [4.69, 9.17) is 0 Å². The second-order valence-electron chi connectivity index (χ2n) is 5.26. The zero-order valence-electron chi connectivity index (χ0n) is 13.2. The Morgan fingerprint density at radius 2 is 2.00 bits per heavy atom. The van der Waals surface area contributed by atoms with Gasteiger partial charge in [0.2, 0.25) is 5.91 Å². The summed E-state index contributed by atoms with van der Waals surface area (Å²) in [6.45, 7) is 0.00214. The number of anilines is 1. The maximum absolute atomic E-state index is 13.3. The summed E-state index contributed by atoms with van der Waals surface area (Å²) >= 11 is 1.12. The Balaban J connectivity index is 1.64. The molecule has 0 saturated carbocycles. The molecule has 26 heavy (non-hydrogen) atoms. The first-order chi connectivity index (χ1) is 12.4. The molecule has 1 aromatic carbocycles. The molecule has 2 aromatic heterocycles. The molecule has 0 saturated heterocycles. The van der Waals surface area contributed by atoms with Crippen molar-refractivity contribution in [2.45, 2.75) is 13.0 Å². The number of amides is 1. The molecular weight excluding hydrogens is 366 g/mol. The van der Waals surface area contributed by atoms with Crippen LogP contribution in [0.4, 0.5) is 13.9 Å². The van der Waals surface area contributed by atoms with Crippen LogP contribution in [0.25, 0.3) is 11.3 Å². The van der Waals surface area contributed by atoms with Crippen molar-refractivity contribution < 1.29 is 13.6 Å². The number of nitrogens with one attached hydrogen (secondary N) is 2. The fraction of sp³-hybridized carbons (Fsp3) is 0.125. The number of carbonyl (C=O) groups is 1. The van der Waals surface area contributed by atoms with Crippen molar-refractivity contribution in [3.8, 4) is 11.3 Å². The van der Waals surface area contributed by atoms with Crippen molar-refractivity contribution >= 4 is 22.4 Å². The Morgan fingerprint density at radius 3 is 2.77 bits per heavy atom. The Morgan fingerprint density at radius 1 is 1.19 bits per heavy atom. The van der Waals surface area contributed by atoms with Gasteiger partial charge in [0.05, 0.1) is 12.2 Å². The first-order valence-electron chi connectivity index (χ1n) is 7.43. The van der Waals surface area contributed by atoms with E-state index in [2.05, 4.69) is 15.4 Å². The van der Waals surface area contributed by atoms with Crippen molar-refractivity contribution in [1.82, 2.24) is 14.8 Å². The van der Waals surface area contributed by atoms with Gasteiger partial charge in [-0.3, -0.25) is 19.5 Å². The fourth-order valence-electron chi connectivity index (χ4n) is 2.14. The van der Waals surface area contributed by atoms with Crippen LogP contribution < -0.4 is 16.4 Å². The fourth-order valence-corrected chi connectivity index (χ4v) is 2.88. The van der Waals surface area contributed by atoms with E-state index < -0.39 is 28.7 Å². The number of aryl methyl sites for hydroxylation is 1. The van der Waals surface area contributed by atoms with Crippen LogP contribution in [0.5, 0.6) is 0 Å². The topological polar surface area (TPSA) is 96.9 Å². The molecule has 1 amide bonds. The summed E-state index contributed by atoms with van der Waals surface area (Å²) < 4.78 is 27.3. The molecule has 0 aliphatic rings. The number of thiazole rings is 1. The highest BCUT2D eigenvalue weighted by Gasteiger charge is 2.11. The summed E-state index contributed by atoms with van der Waals surface area (Å²) in [6.07, 6.45) is -0.0556. The van der Waals surface area contributed by atoms with Crippen LogP contribution in [0.3, 0.4) is 0 Å². The highest BCUT2D eigenvalue weighted by atomic mass is 32.1. The molecule has 134 valence electrons. The standard InChI is InChI=1S/C16H12F2N4O3S/c17-10-2-1-9(7-11(10)18)12-8-26-16(19-12)20-13(23)5-6-22-15(25)4-3-14(24)21-22/h1-4,7-8H,5-6H2,(H,21,24)(H,19,20,23). The molecule has 0 radical (unpaired) electrons. The molecule has 0 fully saturated rings. The lowest BCUT2D eigenvalue weighted by Gasteiger charge is -2.04. The van der Waals surface area contributed by atoms with E-state index in [0.717, 1.165) is 40.3 Å². The minimum Gasteiger partial charge on any atom is -0.302 e. The summed E-state index contributed by atoms with van der Waals surface area (Å²) in [4.78, 5) is 38.8. The number of aromatic amines is 1. The Hall–Kier alpha value is -3.14. The molecule has 0 aliphatic heterocycles. The van der Waals surface area contributed by atoms with Crippen LogP contribution in [0.15, 0.2) is 45.3 Å². The number of hydrogen-bond donors (Lipinski definition) is 2. The predicted molar refractivity (Wildman–Crippen MR) is 92.0 cm³/mol. The van der Waals surface area contributed by atoms with Gasteiger partial charge in [-0.15, -0.1) is 11.3 Å². The van der Waals surface area contributed by atoms with E-state index in [0.29, 0.717) is 11.3 Å². The molecule has 2 N–H and O–H groups in total.